The normalized spacial score (nSPS) is 16.4. The van der Waals surface area contributed by atoms with Gasteiger partial charge in [-0.2, -0.15) is 0 Å². The predicted octanol–water partition coefficient (Wildman–Crippen LogP) is 2.75. The molecule has 1 aliphatic heterocycles. The number of rotatable bonds is 7. The lowest BCUT2D eigenvalue weighted by atomic mass is 9.84. The monoisotopic (exact) mass is 334 g/mol. The fourth-order valence-electron chi connectivity index (χ4n) is 3.05. The number of likely N-dealkylation sites (tertiary alicyclic amines) is 1. The van der Waals surface area contributed by atoms with E-state index in [4.69, 9.17) is 0 Å². The van der Waals surface area contributed by atoms with Crippen LogP contribution in [0.15, 0.2) is 29.3 Å². The third-order valence-corrected chi connectivity index (χ3v) is 4.67. The van der Waals surface area contributed by atoms with E-state index in [1.165, 1.54) is 32.0 Å². The summed E-state index contributed by atoms with van der Waals surface area (Å²) in [7, 11) is 1.78. The van der Waals surface area contributed by atoms with Gasteiger partial charge >= 0.3 is 0 Å². The van der Waals surface area contributed by atoms with Gasteiger partial charge in [0.05, 0.1) is 0 Å². The molecule has 0 unspecified atom stereocenters. The van der Waals surface area contributed by atoms with Crippen molar-refractivity contribution in [3.05, 3.63) is 35.6 Å². The van der Waals surface area contributed by atoms with Crippen molar-refractivity contribution in [1.29, 1.82) is 0 Å². The summed E-state index contributed by atoms with van der Waals surface area (Å²) in [5, 5.41) is 6.73. The van der Waals surface area contributed by atoms with Crippen LogP contribution in [0.25, 0.3) is 0 Å². The van der Waals surface area contributed by atoms with E-state index in [0.717, 1.165) is 31.0 Å². The van der Waals surface area contributed by atoms with Gasteiger partial charge in [0.15, 0.2) is 5.96 Å². The second kappa shape index (κ2) is 9.02. The van der Waals surface area contributed by atoms with E-state index >= 15 is 0 Å². The molecule has 0 bridgehead atoms. The third kappa shape index (κ3) is 5.78. The van der Waals surface area contributed by atoms with Crippen LogP contribution in [-0.2, 0) is 5.41 Å². The van der Waals surface area contributed by atoms with Crippen molar-refractivity contribution in [2.45, 2.75) is 38.5 Å². The van der Waals surface area contributed by atoms with Crippen LogP contribution in [0.2, 0.25) is 0 Å². The first-order chi connectivity index (χ1) is 11.5. The first-order valence-electron chi connectivity index (χ1n) is 8.94. The first-order valence-corrected chi connectivity index (χ1v) is 8.94. The van der Waals surface area contributed by atoms with Crippen molar-refractivity contribution in [2.24, 2.45) is 4.99 Å². The smallest absolute Gasteiger partial charge is 0.191 e. The van der Waals surface area contributed by atoms with Crippen LogP contribution >= 0.6 is 0 Å². The molecule has 1 fully saturated rings. The van der Waals surface area contributed by atoms with E-state index in [2.05, 4.69) is 34.4 Å². The van der Waals surface area contributed by atoms with Crippen LogP contribution in [0, 0.1) is 5.82 Å². The summed E-state index contributed by atoms with van der Waals surface area (Å²) in [6.07, 6.45) is 3.80. The van der Waals surface area contributed by atoms with Gasteiger partial charge in [0, 0.05) is 25.6 Å². The van der Waals surface area contributed by atoms with Crippen molar-refractivity contribution in [1.82, 2.24) is 15.5 Å². The highest BCUT2D eigenvalue weighted by Gasteiger charge is 2.21. The fourth-order valence-corrected chi connectivity index (χ4v) is 3.05. The Kier molecular flexibility index (Phi) is 7.03. The summed E-state index contributed by atoms with van der Waals surface area (Å²) >= 11 is 0. The molecule has 4 nitrogen and oxygen atoms in total. The Morgan fingerprint density at radius 2 is 2.00 bits per heavy atom. The average molecular weight is 334 g/mol. The van der Waals surface area contributed by atoms with Gasteiger partial charge in [-0.15, -0.1) is 0 Å². The van der Waals surface area contributed by atoms with E-state index in [0.29, 0.717) is 6.54 Å². The number of nitrogens with one attached hydrogen (secondary N) is 2. The molecule has 0 aliphatic carbocycles. The third-order valence-electron chi connectivity index (χ3n) is 4.67. The minimum Gasteiger partial charge on any atom is -0.356 e. The van der Waals surface area contributed by atoms with Crippen LogP contribution in [0.4, 0.5) is 4.39 Å². The van der Waals surface area contributed by atoms with Crippen molar-refractivity contribution in [2.75, 3.05) is 39.8 Å². The largest absolute Gasteiger partial charge is 0.356 e. The summed E-state index contributed by atoms with van der Waals surface area (Å²) in [5.41, 5.74) is 0.814. The highest BCUT2D eigenvalue weighted by Crippen LogP contribution is 2.22. The Morgan fingerprint density at radius 3 is 2.67 bits per heavy atom. The zero-order valence-electron chi connectivity index (χ0n) is 15.2. The molecule has 1 heterocycles. The molecule has 0 spiro atoms. The Balaban J connectivity index is 1.73. The molecule has 0 aromatic heterocycles. The number of halogens is 1. The number of hydrogen-bond acceptors (Lipinski definition) is 2. The maximum absolute atomic E-state index is 13.4. The molecule has 1 aliphatic rings. The van der Waals surface area contributed by atoms with Gasteiger partial charge in [0.1, 0.15) is 5.82 Å². The van der Waals surface area contributed by atoms with E-state index in [-0.39, 0.29) is 11.2 Å². The lowest BCUT2D eigenvalue weighted by Gasteiger charge is -2.27. The zero-order valence-corrected chi connectivity index (χ0v) is 15.2. The van der Waals surface area contributed by atoms with Crippen LogP contribution in [0.5, 0.6) is 0 Å². The minimum atomic E-state index is -0.190. The first kappa shape index (κ1) is 18.7. The molecule has 0 amide bonds. The molecule has 2 N–H and O–H groups in total. The van der Waals surface area contributed by atoms with Gasteiger partial charge in [0.2, 0.25) is 0 Å². The van der Waals surface area contributed by atoms with Crippen LogP contribution in [-0.4, -0.2) is 50.6 Å². The van der Waals surface area contributed by atoms with E-state index < -0.39 is 0 Å². The summed E-state index contributed by atoms with van der Waals surface area (Å²) in [4.78, 5) is 6.80. The summed E-state index contributed by atoms with van der Waals surface area (Å²) in [6, 6.07) is 6.82. The quantitative estimate of drug-likeness (QED) is 0.458. The molecular weight excluding hydrogens is 303 g/mol. The van der Waals surface area contributed by atoms with E-state index in [9.17, 15) is 4.39 Å². The second-order valence-electron chi connectivity index (χ2n) is 7.15. The lowest BCUT2D eigenvalue weighted by Crippen LogP contribution is -2.44. The molecule has 1 aromatic rings. The van der Waals surface area contributed by atoms with E-state index in [1.54, 1.807) is 19.2 Å². The standard InChI is InChI=1S/C19H31FN4/c1-19(2,16-8-6-9-17(20)14-16)15-23-18(21-3)22-10-7-13-24-11-4-5-12-24/h6,8-9,14H,4-5,7,10-13,15H2,1-3H3,(H2,21,22,23). The number of hydrogen-bond donors (Lipinski definition) is 2. The number of guanidine groups is 1. The van der Waals surface area contributed by atoms with Crippen LogP contribution in [0.1, 0.15) is 38.7 Å². The van der Waals surface area contributed by atoms with Gasteiger partial charge in [0.25, 0.3) is 0 Å². The van der Waals surface area contributed by atoms with Crippen molar-refractivity contribution in [3.8, 4) is 0 Å². The molecule has 1 saturated heterocycles. The molecule has 0 atom stereocenters. The van der Waals surface area contributed by atoms with E-state index in [1.807, 2.05) is 6.07 Å². The molecule has 0 radical (unpaired) electrons. The fraction of sp³-hybridized carbons (Fsp3) is 0.632. The molecule has 5 heteroatoms. The minimum absolute atomic E-state index is 0.171. The molecular formula is C19H31FN4. The van der Waals surface area contributed by atoms with Crippen LogP contribution < -0.4 is 10.6 Å². The Bertz CT molecular complexity index is 536. The average Bonchev–Trinajstić information content (AvgIpc) is 3.07. The van der Waals surface area contributed by atoms with Gasteiger partial charge in [-0.05, 0) is 56.6 Å². The highest BCUT2D eigenvalue weighted by atomic mass is 19.1. The predicted molar refractivity (Wildman–Crippen MR) is 99.1 cm³/mol. The van der Waals surface area contributed by atoms with Crippen LogP contribution in [0.3, 0.4) is 0 Å². The Morgan fingerprint density at radius 1 is 1.25 bits per heavy atom. The lowest BCUT2D eigenvalue weighted by molar-refractivity contribution is 0.334. The molecule has 1 aromatic carbocycles. The Hall–Kier alpha value is -1.62. The summed E-state index contributed by atoms with van der Waals surface area (Å²) in [5.74, 6) is 0.617. The molecule has 24 heavy (non-hydrogen) atoms. The van der Waals surface area contributed by atoms with Gasteiger partial charge in [-0.25, -0.2) is 4.39 Å². The number of aliphatic imine (C=N–C) groups is 1. The SMILES string of the molecule is CN=C(NCCCN1CCCC1)NCC(C)(C)c1cccc(F)c1. The number of nitrogens with zero attached hydrogens (tertiary/aromatic N) is 2. The summed E-state index contributed by atoms with van der Waals surface area (Å²) < 4.78 is 13.4. The van der Waals surface area contributed by atoms with Crippen molar-refractivity contribution < 1.29 is 4.39 Å². The zero-order chi connectivity index (χ0) is 17.4. The molecule has 134 valence electrons. The maximum atomic E-state index is 13.4. The maximum Gasteiger partial charge on any atom is 0.191 e. The van der Waals surface area contributed by atoms with Gasteiger partial charge in [-0.3, -0.25) is 4.99 Å². The number of benzene rings is 1. The van der Waals surface area contributed by atoms with Gasteiger partial charge in [-0.1, -0.05) is 26.0 Å². The second-order valence-corrected chi connectivity index (χ2v) is 7.15. The van der Waals surface area contributed by atoms with Gasteiger partial charge < -0.3 is 15.5 Å². The Labute approximate surface area is 145 Å². The summed E-state index contributed by atoms with van der Waals surface area (Å²) in [6.45, 7) is 9.46. The van der Waals surface area contributed by atoms with Crippen molar-refractivity contribution >= 4 is 5.96 Å². The topological polar surface area (TPSA) is 39.7 Å². The molecule has 0 saturated carbocycles. The van der Waals surface area contributed by atoms with Crippen molar-refractivity contribution in [3.63, 3.8) is 0 Å². The molecule has 2 rings (SSSR count). The highest BCUT2D eigenvalue weighted by molar-refractivity contribution is 5.79.